The Bertz CT molecular complexity index is 1220. The summed E-state index contributed by atoms with van der Waals surface area (Å²) in [6.45, 7) is 0.469. The van der Waals surface area contributed by atoms with Gasteiger partial charge in [0.05, 0.1) is 17.5 Å². The number of amides is 1. The minimum Gasteiger partial charge on any atom is -0.490 e. The smallest absolute Gasteiger partial charge is 0.323 e. The van der Waals surface area contributed by atoms with Crippen LogP contribution in [-0.2, 0) is 0 Å². The highest BCUT2D eigenvalue weighted by atomic mass is 16.6. The predicted molar refractivity (Wildman–Crippen MR) is 135 cm³/mol. The predicted octanol–water partition coefficient (Wildman–Crippen LogP) is 4.01. The van der Waals surface area contributed by atoms with Crippen LogP contribution < -0.4 is 20.3 Å². The quantitative estimate of drug-likeness (QED) is 0.368. The van der Waals surface area contributed by atoms with Crippen LogP contribution in [0.25, 0.3) is 10.9 Å². The molecule has 1 amide bonds. The summed E-state index contributed by atoms with van der Waals surface area (Å²) in [5, 5.41) is 18.8. The van der Waals surface area contributed by atoms with Crippen molar-refractivity contribution in [1.29, 1.82) is 0 Å². The Labute approximate surface area is 203 Å². The van der Waals surface area contributed by atoms with Gasteiger partial charge in [0.25, 0.3) is 5.91 Å². The van der Waals surface area contributed by atoms with Crippen molar-refractivity contribution in [2.24, 2.45) is 5.92 Å². The van der Waals surface area contributed by atoms with Crippen LogP contribution in [0.4, 0.5) is 17.5 Å². The fourth-order valence-corrected chi connectivity index (χ4v) is 4.55. The Morgan fingerprint density at radius 1 is 1.11 bits per heavy atom. The molecule has 0 radical (unpaired) electrons. The van der Waals surface area contributed by atoms with Crippen LogP contribution in [0.15, 0.2) is 42.5 Å². The normalized spacial score (nSPS) is 17.6. The lowest BCUT2D eigenvalue weighted by atomic mass is 9.86. The summed E-state index contributed by atoms with van der Waals surface area (Å²) in [6, 6.07) is 12.7. The van der Waals surface area contributed by atoms with E-state index >= 15 is 0 Å². The van der Waals surface area contributed by atoms with Crippen LogP contribution in [0.5, 0.6) is 5.75 Å². The number of carbonyl (C=O) groups is 1. The Morgan fingerprint density at radius 3 is 2.54 bits per heavy atom. The zero-order valence-corrected chi connectivity index (χ0v) is 20.2. The van der Waals surface area contributed by atoms with Gasteiger partial charge in [0, 0.05) is 32.1 Å². The molecule has 10 heteroatoms. The lowest BCUT2D eigenvalue weighted by molar-refractivity contribution is -0.386. The third-order valence-electron chi connectivity index (χ3n) is 6.38. The number of para-hydroxylation sites is 2. The zero-order chi connectivity index (χ0) is 24.9. The molecule has 3 aromatic rings. The first-order valence-electron chi connectivity index (χ1n) is 11.7. The molecule has 0 spiro atoms. The van der Waals surface area contributed by atoms with E-state index in [2.05, 4.69) is 15.6 Å². The lowest BCUT2D eigenvalue weighted by Gasteiger charge is -2.29. The van der Waals surface area contributed by atoms with E-state index in [0.717, 1.165) is 42.4 Å². The van der Waals surface area contributed by atoms with Crippen LogP contribution in [0.2, 0.25) is 0 Å². The molecule has 0 saturated heterocycles. The molecule has 0 bridgehead atoms. The van der Waals surface area contributed by atoms with Crippen LogP contribution in [0.3, 0.4) is 0 Å². The number of benzene rings is 2. The van der Waals surface area contributed by atoms with Crippen molar-refractivity contribution in [2.45, 2.75) is 31.7 Å². The number of nitrogens with one attached hydrogen (secondary N) is 2. The maximum Gasteiger partial charge on any atom is 0.323 e. The van der Waals surface area contributed by atoms with E-state index in [0.29, 0.717) is 18.4 Å². The molecule has 1 aromatic heterocycles. The first-order valence-corrected chi connectivity index (χ1v) is 11.7. The van der Waals surface area contributed by atoms with Gasteiger partial charge in [0.1, 0.15) is 11.4 Å². The molecule has 1 aliphatic carbocycles. The second-order valence-corrected chi connectivity index (χ2v) is 8.97. The fourth-order valence-electron chi connectivity index (χ4n) is 4.55. The number of nitro benzene ring substituents is 1. The topological polar surface area (TPSA) is 123 Å². The van der Waals surface area contributed by atoms with Gasteiger partial charge in [-0.3, -0.25) is 14.9 Å². The number of nitro groups is 1. The van der Waals surface area contributed by atoms with Crippen molar-refractivity contribution in [3.8, 4) is 5.75 Å². The van der Waals surface area contributed by atoms with Crippen LogP contribution >= 0.6 is 0 Å². The standard InChI is InChI=1S/C25H30N6O4/c1-30(2)23-18-7-4-5-9-20(18)28-25(29-23)27-17-13-11-16(12-14-17)15-26-24(32)19-8-6-10-21(35-3)22(19)31(33)34/h4-10,16-17H,11-15H2,1-3H3,(H,26,32)(H,27,28,29). The molecule has 10 nitrogen and oxygen atoms in total. The van der Waals surface area contributed by atoms with Gasteiger partial charge >= 0.3 is 5.69 Å². The van der Waals surface area contributed by atoms with Gasteiger partial charge in [0.15, 0.2) is 5.75 Å². The number of carbonyl (C=O) groups excluding carboxylic acids is 1. The molecule has 184 valence electrons. The largest absolute Gasteiger partial charge is 0.490 e. The molecule has 1 saturated carbocycles. The van der Waals surface area contributed by atoms with Crippen LogP contribution in [0.1, 0.15) is 36.0 Å². The molecule has 2 aromatic carbocycles. The molecule has 0 atom stereocenters. The third kappa shape index (κ3) is 5.42. The molecule has 0 aliphatic heterocycles. The molecule has 35 heavy (non-hydrogen) atoms. The number of ether oxygens (including phenoxy) is 1. The van der Waals surface area contributed by atoms with E-state index < -0.39 is 10.8 Å². The molecule has 2 N–H and O–H groups in total. The van der Waals surface area contributed by atoms with Crippen LogP contribution in [-0.4, -0.2) is 54.6 Å². The number of rotatable bonds is 8. The minimum absolute atomic E-state index is 0.00912. The molecular weight excluding hydrogens is 448 g/mol. The fraction of sp³-hybridized carbons (Fsp3) is 0.400. The van der Waals surface area contributed by atoms with E-state index in [1.165, 1.54) is 19.2 Å². The van der Waals surface area contributed by atoms with Crippen molar-refractivity contribution < 1.29 is 14.5 Å². The second kappa shape index (κ2) is 10.5. The molecule has 4 rings (SSSR count). The minimum atomic E-state index is -0.582. The Morgan fingerprint density at radius 2 is 1.86 bits per heavy atom. The summed E-state index contributed by atoms with van der Waals surface area (Å²) in [7, 11) is 5.29. The van der Waals surface area contributed by atoms with E-state index in [-0.39, 0.29) is 23.0 Å². The summed E-state index contributed by atoms with van der Waals surface area (Å²) < 4.78 is 5.06. The van der Waals surface area contributed by atoms with Gasteiger partial charge in [-0.15, -0.1) is 0 Å². The number of hydrogen-bond donors (Lipinski definition) is 2. The van der Waals surface area contributed by atoms with Gasteiger partial charge in [-0.25, -0.2) is 4.98 Å². The maximum absolute atomic E-state index is 12.7. The summed E-state index contributed by atoms with van der Waals surface area (Å²) in [5.74, 6) is 1.41. The Kier molecular flexibility index (Phi) is 7.28. The Balaban J connectivity index is 1.34. The monoisotopic (exact) mass is 478 g/mol. The zero-order valence-electron chi connectivity index (χ0n) is 20.2. The number of aromatic nitrogens is 2. The van der Waals surface area contributed by atoms with Gasteiger partial charge in [0.2, 0.25) is 5.95 Å². The number of hydrogen-bond acceptors (Lipinski definition) is 8. The number of anilines is 2. The van der Waals surface area contributed by atoms with E-state index in [4.69, 9.17) is 9.72 Å². The second-order valence-electron chi connectivity index (χ2n) is 8.97. The van der Waals surface area contributed by atoms with Crippen LogP contribution in [0, 0.1) is 16.0 Å². The average Bonchev–Trinajstić information content (AvgIpc) is 2.86. The highest BCUT2D eigenvalue weighted by Crippen LogP contribution is 2.31. The molecule has 1 fully saturated rings. The lowest BCUT2D eigenvalue weighted by Crippen LogP contribution is -2.34. The molecule has 1 heterocycles. The number of methoxy groups -OCH3 is 1. The first-order chi connectivity index (χ1) is 16.9. The maximum atomic E-state index is 12.7. The average molecular weight is 479 g/mol. The van der Waals surface area contributed by atoms with E-state index in [1.807, 2.05) is 43.3 Å². The van der Waals surface area contributed by atoms with Gasteiger partial charge in [-0.1, -0.05) is 18.2 Å². The third-order valence-corrected chi connectivity index (χ3v) is 6.38. The van der Waals surface area contributed by atoms with Crippen molar-refractivity contribution in [3.05, 3.63) is 58.1 Å². The van der Waals surface area contributed by atoms with Crippen molar-refractivity contribution in [1.82, 2.24) is 15.3 Å². The SMILES string of the molecule is COc1cccc(C(=O)NCC2CCC(Nc3nc(N(C)C)c4ccccc4n3)CC2)c1[N+](=O)[O-]. The number of nitrogens with zero attached hydrogens (tertiary/aromatic N) is 4. The highest BCUT2D eigenvalue weighted by molar-refractivity contribution is 5.99. The van der Waals surface area contributed by atoms with Gasteiger partial charge < -0.3 is 20.3 Å². The van der Waals surface area contributed by atoms with Crippen molar-refractivity contribution in [3.63, 3.8) is 0 Å². The molecule has 1 aliphatic rings. The number of fused-ring (bicyclic) bond motifs is 1. The summed E-state index contributed by atoms with van der Waals surface area (Å²) in [5.41, 5.74) is 0.597. The van der Waals surface area contributed by atoms with Gasteiger partial charge in [-0.2, -0.15) is 4.98 Å². The van der Waals surface area contributed by atoms with Crippen molar-refractivity contribution >= 4 is 34.3 Å². The summed E-state index contributed by atoms with van der Waals surface area (Å²) >= 11 is 0. The van der Waals surface area contributed by atoms with E-state index in [1.54, 1.807) is 6.07 Å². The first kappa shape index (κ1) is 24.2. The van der Waals surface area contributed by atoms with Crippen molar-refractivity contribution in [2.75, 3.05) is 38.0 Å². The van der Waals surface area contributed by atoms with E-state index in [9.17, 15) is 14.9 Å². The molecule has 0 unspecified atom stereocenters. The Hall–Kier alpha value is -3.95. The summed E-state index contributed by atoms with van der Waals surface area (Å²) in [4.78, 5) is 35.0. The van der Waals surface area contributed by atoms with Gasteiger partial charge in [-0.05, 0) is 55.9 Å². The molecular formula is C25H30N6O4. The highest BCUT2D eigenvalue weighted by Gasteiger charge is 2.27. The summed E-state index contributed by atoms with van der Waals surface area (Å²) in [6.07, 6.45) is 3.69.